The van der Waals surface area contributed by atoms with Crippen molar-refractivity contribution in [2.45, 2.75) is 18.8 Å². The molecular formula is C20H18N6O. The van der Waals surface area contributed by atoms with Gasteiger partial charge in [0.2, 0.25) is 0 Å². The van der Waals surface area contributed by atoms with Crippen molar-refractivity contribution < 1.29 is 4.79 Å². The first-order chi connectivity index (χ1) is 13.3. The molecule has 0 radical (unpaired) electrons. The summed E-state index contributed by atoms with van der Waals surface area (Å²) in [6.07, 6.45) is 5.29. The van der Waals surface area contributed by atoms with Crippen LogP contribution in [0, 0.1) is 0 Å². The molecule has 4 heterocycles. The summed E-state index contributed by atoms with van der Waals surface area (Å²) in [5.41, 5.74) is 2.80. The first-order valence-corrected chi connectivity index (χ1v) is 9.10. The van der Waals surface area contributed by atoms with Gasteiger partial charge < -0.3 is 4.90 Å². The summed E-state index contributed by atoms with van der Waals surface area (Å²) in [6, 6.07) is 13.5. The third-order valence-electron chi connectivity index (χ3n) is 5.16. The Morgan fingerprint density at radius 2 is 1.74 bits per heavy atom. The van der Waals surface area contributed by atoms with Crippen molar-refractivity contribution in [3.63, 3.8) is 0 Å². The molecule has 7 nitrogen and oxygen atoms in total. The zero-order valence-corrected chi connectivity index (χ0v) is 14.7. The summed E-state index contributed by atoms with van der Waals surface area (Å²) in [5.74, 6) is 1.22. The maximum Gasteiger partial charge on any atom is 0.274 e. The van der Waals surface area contributed by atoms with E-state index in [1.165, 1.54) is 0 Å². The second-order valence-corrected chi connectivity index (χ2v) is 6.80. The quantitative estimate of drug-likeness (QED) is 0.551. The van der Waals surface area contributed by atoms with E-state index < -0.39 is 0 Å². The highest BCUT2D eigenvalue weighted by Gasteiger charge is 2.28. The van der Waals surface area contributed by atoms with Crippen LogP contribution in [0.15, 0.2) is 54.9 Å². The van der Waals surface area contributed by atoms with Crippen LogP contribution < -0.4 is 0 Å². The Morgan fingerprint density at radius 3 is 2.59 bits per heavy atom. The summed E-state index contributed by atoms with van der Waals surface area (Å²) in [7, 11) is 0. The van der Waals surface area contributed by atoms with Gasteiger partial charge in [-0.25, -0.2) is 4.98 Å². The molecule has 1 aliphatic heterocycles. The van der Waals surface area contributed by atoms with Crippen LogP contribution in [-0.4, -0.2) is 48.5 Å². The van der Waals surface area contributed by atoms with E-state index >= 15 is 0 Å². The fraction of sp³-hybridized carbons (Fsp3) is 0.250. The second-order valence-electron chi connectivity index (χ2n) is 6.80. The fourth-order valence-corrected chi connectivity index (χ4v) is 3.70. The van der Waals surface area contributed by atoms with Crippen LogP contribution in [0.5, 0.6) is 0 Å². The zero-order valence-electron chi connectivity index (χ0n) is 14.7. The summed E-state index contributed by atoms with van der Waals surface area (Å²) in [5, 5.41) is 8.61. The molecule has 4 aromatic rings. The maximum atomic E-state index is 12.8. The minimum absolute atomic E-state index is 0.0576. The number of benzene rings is 1. The van der Waals surface area contributed by atoms with Gasteiger partial charge in [0.1, 0.15) is 11.5 Å². The van der Waals surface area contributed by atoms with Gasteiger partial charge in [0, 0.05) is 25.2 Å². The van der Waals surface area contributed by atoms with E-state index in [0.29, 0.717) is 24.7 Å². The molecule has 134 valence electrons. The molecule has 0 spiro atoms. The molecule has 3 aromatic heterocycles. The van der Waals surface area contributed by atoms with Crippen molar-refractivity contribution in [2.24, 2.45) is 0 Å². The third-order valence-corrected chi connectivity index (χ3v) is 5.16. The SMILES string of the molecule is O=C(c1cnc2ccccc2n1)N1CCC(c2nnc3ccccn23)CC1. The molecule has 1 saturated heterocycles. The van der Waals surface area contributed by atoms with E-state index in [1.807, 2.05) is 58.0 Å². The molecule has 1 aliphatic rings. The Balaban J connectivity index is 1.32. The van der Waals surface area contributed by atoms with Crippen LogP contribution in [0.25, 0.3) is 16.7 Å². The van der Waals surface area contributed by atoms with E-state index in [0.717, 1.165) is 35.3 Å². The van der Waals surface area contributed by atoms with Crippen molar-refractivity contribution in [1.29, 1.82) is 0 Å². The normalized spacial score (nSPS) is 15.5. The summed E-state index contributed by atoms with van der Waals surface area (Å²) >= 11 is 0. The Hall–Kier alpha value is -3.35. The highest BCUT2D eigenvalue weighted by molar-refractivity contribution is 5.93. The van der Waals surface area contributed by atoms with Gasteiger partial charge in [0.05, 0.1) is 17.2 Å². The first-order valence-electron chi connectivity index (χ1n) is 9.10. The van der Waals surface area contributed by atoms with Gasteiger partial charge in [-0.2, -0.15) is 0 Å². The second kappa shape index (κ2) is 6.42. The Kier molecular flexibility index (Phi) is 3.78. The largest absolute Gasteiger partial charge is 0.337 e. The molecule has 1 aromatic carbocycles. The van der Waals surface area contributed by atoms with Crippen molar-refractivity contribution >= 4 is 22.6 Å². The third kappa shape index (κ3) is 2.81. The minimum Gasteiger partial charge on any atom is -0.337 e. The number of carbonyl (C=O) groups excluding carboxylic acids is 1. The van der Waals surface area contributed by atoms with Gasteiger partial charge in [0.15, 0.2) is 5.65 Å². The van der Waals surface area contributed by atoms with Gasteiger partial charge in [-0.3, -0.25) is 14.2 Å². The lowest BCUT2D eigenvalue weighted by atomic mass is 9.96. The molecule has 0 bridgehead atoms. The lowest BCUT2D eigenvalue weighted by Crippen LogP contribution is -2.38. The highest BCUT2D eigenvalue weighted by atomic mass is 16.2. The number of rotatable bonds is 2. The van der Waals surface area contributed by atoms with Gasteiger partial charge in [-0.15, -0.1) is 10.2 Å². The van der Waals surface area contributed by atoms with E-state index in [4.69, 9.17) is 0 Å². The number of piperidine rings is 1. The number of fused-ring (bicyclic) bond motifs is 2. The van der Waals surface area contributed by atoms with E-state index in [-0.39, 0.29) is 5.91 Å². The summed E-state index contributed by atoms with van der Waals surface area (Å²) in [6.45, 7) is 1.36. The van der Waals surface area contributed by atoms with Gasteiger partial charge in [0.25, 0.3) is 5.91 Å². The fourth-order valence-electron chi connectivity index (χ4n) is 3.70. The van der Waals surface area contributed by atoms with E-state index in [9.17, 15) is 4.79 Å². The van der Waals surface area contributed by atoms with Crippen molar-refractivity contribution in [3.05, 3.63) is 66.4 Å². The summed E-state index contributed by atoms with van der Waals surface area (Å²) in [4.78, 5) is 23.5. The number of amides is 1. The van der Waals surface area contributed by atoms with Gasteiger partial charge in [-0.1, -0.05) is 18.2 Å². The van der Waals surface area contributed by atoms with Crippen LogP contribution in [0.1, 0.15) is 35.1 Å². The van der Waals surface area contributed by atoms with Gasteiger partial charge >= 0.3 is 0 Å². The Bertz CT molecular complexity index is 1130. The molecule has 0 saturated carbocycles. The van der Waals surface area contributed by atoms with Crippen molar-refractivity contribution in [1.82, 2.24) is 29.5 Å². The monoisotopic (exact) mass is 358 g/mol. The number of carbonyl (C=O) groups is 1. The van der Waals surface area contributed by atoms with Crippen LogP contribution in [0.2, 0.25) is 0 Å². The molecule has 27 heavy (non-hydrogen) atoms. The average Bonchev–Trinajstić information content (AvgIpc) is 3.17. The topological polar surface area (TPSA) is 76.3 Å². The molecule has 1 amide bonds. The van der Waals surface area contributed by atoms with Crippen LogP contribution in [-0.2, 0) is 0 Å². The number of pyridine rings is 1. The highest BCUT2D eigenvalue weighted by Crippen LogP contribution is 2.27. The molecule has 7 heteroatoms. The molecule has 5 rings (SSSR count). The van der Waals surface area contributed by atoms with Crippen molar-refractivity contribution in [3.8, 4) is 0 Å². The minimum atomic E-state index is -0.0576. The molecule has 0 atom stereocenters. The van der Waals surface area contributed by atoms with Crippen LogP contribution in [0.4, 0.5) is 0 Å². The van der Waals surface area contributed by atoms with Gasteiger partial charge in [-0.05, 0) is 37.1 Å². The number of hydrogen-bond donors (Lipinski definition) is 0. The smallest absolute Gasteiger partial charge is 0.274 e. The standard InChI is InChI=1S/C20H18N6O/c27-20(17-13-21-15-5-1-2-6-16(15)22-17)25-11-8-14(9-12-25)19-24-23-18-7-3-4-10-26(18)19/h1-7,10,13-14H,8-9,11-12H2. The lowest BCUT2D eigenvalue weighted by Gasteiger charge is -2.31. The Labute approximate surface area is 155 Å². The number of nitrogens with zero attached hydrogens (tertiary/aromatic N) is 6. The number of likely N-dealkylation sites (tertiary alicyclic amines) is 1. The molecular weight excluding hydrogens is 340 g/mol. The van der Waals surface area contributed by atoms with Crippen molar-refractivity contribution in [2.75, 3.05) is 13.1 Å². The molecule has 0 unspecified atom stereocenters. The number of aromatic nitrogens is 5. The number of para-hydroxylation sites is 2. The Morgan fingerprint density at radius 1 is 0.963 bits per heavy atom. The van der Waals surface area contributed by atoms with Crippen LogP contribution >= 0.6 is 0 Å². The predicted octanol–water partition coefficient (Wildman–Crippen LogP) is 2.69. The maximum absolute atomic E-state index is 12.8. The van der Waals surface area contributed by atoms with E-state index in [2.05, 4.69) is 20.2 Å². The zero-order chi connectivity index (χ0) is 18.2. The average molecular weight is 358 g/mol. The predicted molar refractivity (Wildman–Crippen MR) is 100 cm³/mol. The molecule has 0 aliphatic carbocycles. The summed E-state index contributed by atoms with van der Waals surface area (Å²) < 4.78 is 2.04. The number of hydrogen-bond acceptors (Lipinski definition) is 5. The lowest BCUT2D eigenvalue weighted by molar-refractivity contribution is 0.0705. The van der Waals surface area contributed by atoms with E-state index in [1.54, 1.807) is 6.20 Å². The molecule has 1 fully saturated rings. The van der Waals surface area contributed by atoms with Crippen LogP contribution in [0.3, 0.4) is 0 Å². The first kappa shape index (κ1) is 15.9. The molecule has 0 N–H and O–H groups in total.